The molecular weight excluding hydrogens is 376 g/mol. The molecule has 146 valence electrons. The van der Waals surface area contributed by atoms with E-state index in [1.54, 1.807) is 6.20 Å². The smallest absolute Gasteiger partial charge is 0.419 e. The van der Waals surface area contributed by atoms with Gasteiger partial charge < -0.3 is 9.73 Å². The van der Waals surface area contributed by atoms with Crippen molar-refractivity contribution < 1.29 is 26.8 Å². The van der Waals surface area contributed by atoms with Gasteiger partial charge in [0.1, 0.15) is 5.82 Å². The Labute approximate surface area is 158 Å². The van der Waals surface area contributed by atoms with Gasteiger partial charge in [-0.1, -0.05) is 29.8 Å². The van der Waals surface area contributed by atoms with E-state index in [-0.39, 0.29) is 18.5 Å². The lowest BCUT2D eigenvalue weighted by atomic mass is 10.1. The zero-order valence-electron chi connectivity index (χ0n) is 14.8. The molecule has 0 saturated carbocycles. The highest BCUT2D eigenvalue weighted by Crippen LogP contribution is 2.33. The predicted octanol–water partition coefficient (Wildman–Crippen LogP) is 5.38. The van der Waals surface area contributed by atoms with Crippen LogP contribution in [0.5, 0.6) is 0 Å². The lowest BCUT2D eigenvalue weighted by molar-refractivity contribution is -0.140. The van der Waals surface area contributed by atoms with Gasteiger partial charge in [-0.25, -0.2) is 9.37 Å². The quantitative estimate of drug-likeness (QED) is 0.593. The van der Waals surface area contributed by atoms with Crippen LogP contribution in [0.15, 0.2) is 53.1 Å². The lowest BCUT2D eigenvalue weighted by Crippen LogP contribution is -2.14. The summed E-state index contributed by atoms with van der Waals surface area (Å²) in [6.07, 6.45) is -3.17. The molecule has 0 saturated heterocycles. The summed E-state index contributed by atoms with van der Waals surface area (Å²) >= 11 is 0. The molecule has 3 aromatic rings. The number of benzene rings is 2. The minimum Gasteiger partial charge on any atom is -0.441 e. The average Bonchev–Trinajstić information content (AvgIpc) is 3.10. The van der Waals surface area contributed by atoms with E-state index in [1.807, 2.05) is 31.2 Å². The molecule has 0 aliphatic rings. The molecule has 0 unspecified atom stereocenters. The highest BCUT2D eigenvalue weighted by molar-refractivity contribution is 5.90. The lowest BCUT2D eigenvalue weighted by Gasteiger charge is -2.10. The number of rotatable bonds is 5. The Kier molecular flexibility index (Phi) is 5.48. The number of nitrogens with one attached hydrogen (secondary N) is 1. The second kappa shape index (κ2) is 7.84. The molecule has 2 aromatic carbocycles. The number of carbonyl (C=O) groups is 1. The maximum absolute atomic E-state index is 13.3. The molecule has 8 heteroatoms. The summed E-state index contributed by atoms with van der Waals surface area (Å²) in [6, 6.07) is 9.95. The van der Waals surface area contributed by atoms with E-state index >= 15 is 0 Å². The number of aromatic nitrogens is 1. The third-order valence-electron chi connectivity index (χ3n) is 4.01. The molecule has 4 nitrogen and oxygen atoms in total. The number of oxazole rings is 1. The summed E-state index contributed by atoms with van der Waals surface area (Å²) in [7, 11) is 0. The fourth-order valence-electron chi connectivity index (χ4n) is 2.54. The number of nitrogens with zero attached hydrogens (tertiary/aromatic N) is 1. The molecule has 0 fully saturated rings. The van der Waals surface area contributed by atoms with Gasteiger partial charge in [-0.05, 0) is 25.1 Å². The largest absolute Gasteiger partial charge is 0.441 e. The summed E-state index contributed by atoms with van der Waals surface area (Å²) in [5, 5.41) is 2.32. The molecule has 0 radical (unpaired) electrons. The molecule has 0 spiro atoms. The Morgan fingerprint density at radius 3 is 2.54 bits per heavy atom. The molecule has 1 aromatic heterocycles. The number of carbonyl (C=O) groups excluding carboxylic acids is 1. The first-order valence-electron chi connectivity index (χ1n) is 8.41. The molecule has 0 aliphatic carbocycles. The number of aryl methyl sites for hydroxylation is 2. The molecule has 28 heavy (non-hydrogen) atoms. The standard InChI is InChI=1S/C20H16F4N2O2/c1-12-2-4-13(5-3-12)17-11-25-19(28-17)9-8-18(27)26-14-6-7-16(21)15(10-14)20(22,23)24/h2-7,10-11H,8-9H2,1H3,(H,26,27). The van der Waals surface area contributed by atoms with Gasteiger partial charge in [0.2, 0.25) is 5.91 Å². The van der Waals surface area contributed by atoms with Crippen LogP contribution in [0, 0.1) is 12.7 Å². The van der Waals surface area contributed by atoms with Crippen molar-refractivity contribution in [2.24, 2.45) is 0 Å². The Hall–Kier alpha value is -3.16. The van der Waals surface area contributed by atoms with Gasteiger partial charge in [-0.3, -0.25) is 4.79 Å². The summed E-state index contributed by atoms with van der Waals surface area (Å²) < 4.78 is 57.1. The predicted molar refractivity (Wildman–Crippen MR) is 95.0 cm³/mol. The highest BCUT2D eigenvalue weighted by Gasteiger charge is 2.34. The Morgan fingerprint density at radius 1 is 1.14 bits per heavy atom. The van der Waals surface area contributed by atoms with E-state index in [0.717, 1.165) is 17.2 Å². The van der Waals surface area contributed by atoms with Crippen LogP contribution in [0.4, 0.5) is 23.2 Å². The van der Waals surface area contributed by atoms with Crippen LogP contribution in [0.2, 0.25) is 0 Å². The van der Waals surface area contributed by atoms with Crippen LogP contribution in [-0.4, -0.2) is 10.9 Å². The molecule has 1 amide bonds. The van der Waals surface area contributed by atoms with Gasteiger partial charge in [0.25, 0.3) is 0 Å². The first-order valence-corrected chi connectivity index (χ1v) is 8.41. The van der Waals surface area contributed by atoms with Crippen molar-refractivity contribution in [2.75, 3.05) is 5.32 Å². The molecule has 0 aliphatic heterocycles. The van der Waals surface area contributed by atoms with Crippen molar-refractivity contribution >= 4 is 11.6 Å². The fourth-order valence-corrected chi connectivity index (χ4v) is 2.54. The number of alkyl halides is 3. The second-order valence-electron chi connectivity index (χ2n) is 6.22. The Balaban J connectivity index is 1.60. The SMILES string of the molecule is Cc1ccc(-c2cnc(CCC(=O)Nc3ccc(F)c(C(F)(F)F)c3)o2)cc1. The Morgan fingerprint density at radius 2 is 1.86 bits per heavy atom. The van der Waals surface area contributed by atoms with Crippen LogP contribution < -0.4 is 5.32 Å². The number of halogens is 4. The van der Waals surface area contributed by atoms with Gasteiger partial charge in [-0.15, -0.1) is 0 Å². The summed E-state index contributed by atoms with van der Waals surface area (Å²) in [4.78, 5) is 16.1. The van der Waals surface area contributed by atoms with Gasteiger partial charge >= 0.3 is 6.18 Å². The minimum atomic E-state index is -4.84. The van der Waals surface area contributed by atoms with Gasteiger partial charge in [0.05, 0.1) is 11.8 Å². The number of amides is 1. The van der Waals surface area contributed by atoms with Gasteiger partial charge in [0, 0.05) is 24.1 Å². The monoisotopic (exact) mass is 392 g/mol. The number of hydrogen-bond donors (Lipinski definition) is 1. The van der Waals surface area contributed by atoms with E-state index in [0.29, 0.717) is 23.8 Å². The summed E-state index contributed by atoms with van der Waals surface area (Å²) in [6.45, 7) is 1.97. The maximum atomic E-state index is 13.3. The van der Waals surface area contributed by atoms with E-state index in [9.17, 15) is 22.4 Å². The minimum absolute atomic E-state index is 0.0490. The zero-order valence-corrected chi connectivity index (χ0v) is 14.8. The summed E-state index contributed by atoms with van der Waals surface area (Å²) in [5.41, 5.74) is 0.390. The van der Waals surface area contributed by atoms with Gasteiger partial charge in [0.15, 0.2) is 11.7 Å². The molecular formula is C20H16F4N2O2. The fraction of sp³-hybridized carbons (Fsp3) is 0.200. The van der Waals surface area contributed by atoms with Gasteiger partial charge in [-0.2, -0.15) is 13.2 Å². The van der Waals surface area contributed by atoms with Crippen molar-refractivity contribution in [1.29, 1.82) is 0 Å². The van der Waals surface area contributed by atoms with E-state index in [4.69, 9.17) is 4.42 Å². The van der Waals surface area contributed by atoms with Crippen LogP contribution >= 0.6 is 0 Å². The third-order valence-corrected chi connectivity index (χ3v) is 4.01. The van der Waals surface area contributed by atoms with Crippen LogP contribution in [0.3, 0.4) is 0 Å². The molecule has 0 atom stereocenters. The Bertz CT molecular complexity index is 979. The normalized spacial score (nSPS) is 11.5. The topological polar surface area (TPSA) is 55.1 Å². The van der Waals surface area contributed by atoms with Crippen LogP contribution in [0.25, 0.3) is 11.3 Å². The number of hydrogen-bond acceptors (Lipinski definition) is 3. The first kappa shape index (κ1) is 19.6. The summed E-state index contributed by atoms with van der Waals surface area (Å²) in [5.74, 6) is -1.03. The average molecular weight is 392 g/mol. The van der Waals surface area contributed by atoms with Crippen LogP contribution in [-0.2, 0) is 17.4 Å². The molecule has 3 rings (SSSR count). The van der Waals surface area contributed by atoms with Crippen LogP contribution in [0.1, 0.15) is 23.4 Å². The third kappa shape index (κ3) is 4.76. The van der Waals surface area contributed by atoms with E-state index in [1.165, 1.54) is 0 Å². The molecule has 1 heterocycles. The van der Waals surface area contributed by atoms with Crippen molar-refractivity contribution in [3.05, 3.63) is 71.5 Å². The molecule has 0 bridgehead atoms. The van der Waals surface area contributed by atoms with E-state index < -0.39 is 23.5 Å². The zero-order chi connectivity index (χ0) is 20.3. The first-order chi connectivity index (χ1) is 13.2. The van der Waals surface area contributed by atoms with E-state index in [2.05, 4.69) is 10.3 Å². The highest BCUT2D eigenvalue weighted by atomic mass is 19.4. The molecule has 1 N–H and O–H groups in total. The maximum Gasteiger partial charge on any atom is 0.419 e. The van der Waals surface area contributed by atoms with Crippen molar-refractivity contribution in [2.45, 2.75) is 25.9 Å². The number of anilines is 1. The second-order valence-corrected chi connectivity index (χ2v) is 6.22. The van der Waals surface area contributed by atoms with Crippen molar-refractivity contribution in [3.63, 3.8) is 0 Å². The van der Waals surface area contributed by atoms with Crippen molar-refractivity contribution in [3.8, 4) is 11.3 Å². The van der Waals surface area contributed by atoms with Crippen molar-refractivity contribution in [1.82, 2.24) is 4.98 Å².